The Morgan fingerprint density at radius 2 is 2.03 bits per heavy atom. The Balaban J connectivity index is 1.44. The fourth-order valence-corrected chi connectivity index (χ4v) is 4.02. The lowest BCUT2D eigenvalue weighted by Gasteiger charge is -2.13. The SMILES string of the molecule is Cc1ccccc1-c1nnc(SCC(=O)NC(=O)NCCC2=CCCCC2)n1C. The van der Waals surface area contributed by atoms with Gasteiger partial charge in [0.15, 0.2) is 11.0 Å². The zero-order valence-corrected chi connectivity index (χ0v) is 17.7. The number of aryl methyl sites for hydroxylation is 1. The summed E-state index contributed by atoms with van der Waals surface area (Å²) in [5.74, 6) is 0.490. The van der Waals surface area contributed by atoms with Gasteiger partial charge >= 0.3 is 6.03 Å². The van der Waals surface area contributed by atoms with Gasteiger partial charge in [-0.1, -0.05) is 47.7 Å². The minimum absolute atomic E-state index is 0.0956. The second-order valence-electron chi connectivity index (χ2n) is 7.13. The van der Waals surface area contributed by atoms with Crippen LogP contribution in [0.2, 0.25) is 0 Å². The van der Waals surface area contributed by atoms with Crippen molar-refractivity contribution in [1.82, 2.24) is 25.4 Å². The number of thioether (sulfide) groups is 1. The first-order valence-corrected chi connectivity index (χ1v) is 10.9. The van der Waals surface area contributed by atoms with E-state index in [0.29, 0.717) is 11.7 Å². The van der Waals surface area contributed by atoms with E-state index in [1.165, 1.54) is 30.2 Å². The standard InChI is InChI=1S/C21H27N5O2S/c1-15-8-6-7-11-17(15)19-24-25-21(26(19)2)29-14-18(27)23-20(28)22-13-12-16-9-4-3-5-10-16/h6-9,11H,3-5,10,12-14H2,1-2H3,(H2,22,23,27,28). The highest BCUT2D eigenvalue weighted by molar-refractivity contribution is 7.99. The van der Waals surface area contributed by atoms with Gasteiger partial charge in [-0.25, -0.2) is 4.79 Å². The van der Waals surface area contributed by atoms with Gasteiger partial charge < -0.3 is 9.88 Å². The van der Waals surface area contributed by atoms with E-state index in [9.17, 15) is 9.59 Å². The van der Waals surface area contributed by atoms with E-state index >= 15 is 0 Å². The van der Waals surface area contributed by atoms with E-state index in [0.717, 1.165) is 36.2 Å². The van der Waals surface area contributed by atoms with Gasteiger partial charge in [-0.05, 0) is 44.6 Å². The lowest BCUT2D eigenvalue weighted by molar-refractivity contribution is -0.117. The molecule has 1 aliphatic carbocycles. The number of hydrogen-bond acceptors (Lipinski definition) is 5. The number of aromatic nitrogens is 3. The maximum absolute atomic E-state index is 12.1. The normalized spacial score (nSPS) is 13.7. The lowest BCUT2D eigenvalue weighted by atomic mass is 9.97. The van der Waals surface area contributed by atoms with Crippen LogP contribution >= 0.6 is 11.8 Å². The third-order valence-electron chi connectivity index (χ3n) is 4.92. The van der Waals surface area contributed by atoms with Crippen molar-refractivity contribution >= 4 is 23.7 Å². The summed E-state index contributed by atoms with van der Waals surface area (Å²) >= 11 is 1.25. The van der Waals surface area contributed by atoms with Gasteiger partial charge in [0.2, 0.25) is 5.91 Å². The van der Waals surface area contributed by atoms with Crippen molar-refractivity contribution < 1.29 is 9.59 Å². The fraction of sp³-hybridized carbons (Fsp3) is 0.429. The van der Waals surface area contributed by atoms with Crippen molar-refractivity contribution in [1.29, 1.82) is 0 Å². The van der Waals surface area contributed by atoms with Gasteiger partial charge in [0.25, 0.3) is 0 Å². The molecule has 7 nitrogen and oxygen atoms in total. The van der Waals surface area contributed by atoms with E-state index in [1.807, 2.05) is 42.8 Å². The number of allylic oxidation sites excluding steroid dienone is 1. The minimum Gasteiger partial charge on any atom is -0.337 e. The summed E-state index contributed by atoms with van der Waals surface area (Å²) in [7, 11) is 1.87. The summed E-state index contributed by atoms with van der Waals surface area (Å²) in [5.41, 5.74) is 3.51. The molecule has 0 aliphatic heterocycles. The van der Waals surface area contributed by atoms with Crippen LogP contribution in [0.3, 0.4) is 0 Å². The monoisotopic (exact) mass is 413 g/mol. The molecule has 1 aromatic heterocycles. The first-order chi connectivity index (χ1) is 14.0. The molecule has 0 radical (unpaired) electrons. The molecule has 1 aliphatic rings. The van der Waals surface area contributed by atoms with Crippen LogP contribution < -0.4 is 10.6 Å². The van der Waals surface area contributed by atoms with Crippen LogP contribution in [0.25, 0.3) is 11.4 Å². The van der Waals surface area contributed by atoms with E-state index in [1.54, 1.807) is 0 Å². The highest BCUT2D eigenvalue weighted by Crippen LogP contribution is 2.24. The van der Waals surface area contributed by atoms with Crippen molar-refractivity contribution in [2.45, 2.75) is 44.2 Å². The highest BCUT2D eigenvalue weighted by atomic mass is 32.2. The van der Waals surface area contributed by atoms with E-state index in [2.05, 4.69) is 26.9 Å². The number of carbonyl (C=O) groups excluding carboxylic acids is 2. The first-order valence-electron chi connectivity index (χ1n) is 9.88. The number of nitrogens with one attached hydrogen (secondary N) is 2. The Kier molecular flexibility index (Phi) is 7.46. The Bertz CT molecular complexity index is 906. The molecule has 0 bridgehead atoms. The van der Waals surface area contributed by atoms with Gasteiger partial charge in [0, 0.05) is 19.2 Å². The Morgan fingerprint density at radius 3 is 2.79 bits per heavy atom. The predicted molar refractivity (Wildman–Crippen MR) is 115 cm³/mol. The summed E-state index contributed by atoms with van der Waals surface area (Å²) in [5, 5.41) is 14.2. The third kappa shape index (κ3) is 5.93. The van der Waals surface area contributed by atoms with Gasteiger partial charge in [-0.15, -0.1) is 10.2 Å². The topological polar surface area (TPSA) is 88.9 Å². The molecule has 0 saturated carbocycles. The number of benzene rings is 1. The summed E-state index contributed by atoms with van der Waals surface area (Å²) in [6.07, 6.45) is 7.82. The molecule has 8 heteroatoms. The number of nitrogens with zero attached hydrogens (tertiary/aromatic N) is 3. The second-order valence-corrected chi connectivity index (χ2v) is 8.07. The number of amides is 3. The summed E-state index contributed by atoms with van der Waals surface area (Å²) in [6.45, 7) is 2.56. The van der Waals surface area contributed by atoms with Crippen molar-refractivity contribution in [2.75, 3.05) is 12.3 Å². The molecule has 0 spiro atoms. The van der Waals surface area contributed by atoms with Gasteiger partial charge in [0.1, 0.15) is 0 Å². The molecule has 1 aromatic carbocycles. The van der Waals surface area contributed by atoms with Crippen LogP contribution in [0.1, 0.15) is 37.7 Å². The third-order valence-corrected chi connectivity index (χ3v) is 5.94. The minimum atomic E-state index is -0.453. The molecule has 2 aromatic rings. The van der Waals surface area contributed by atoms with Gasteiger partial charge in [0.05, 0.1) is 5.75 Å². The average molecular weight is 414 g/mol. The average Bonchev–Trinajstić information content (AvgIpc) is 3.08. The molecular weight excluding hydrogens is 386 g/mol. The Labute approximate surface area is 175 Å². The van der Waals surface area contributed by atoms with Crippen LogP contribution in [0.4, 0.5) is 4.79 Å². The Hall–Kier alpha value is -2.61. The van der Waals surface area contributed by atoms with Crippen LogP contribution in [0, 0.1) is 6.92 Å². The summed E-state index contributed by atoms with van der Waals surface area (Å²) in [6, 6.07) is 7.50. The van der Waals surface area contributed by atoms with E-state index in [-0.39, 0.29) is 11.7 Å². The van der Waals surface area contributed by atoms with Crippen molar-refractivity contribution in [3.05, 3.63) is 41.5 Å². The van der Waals surface area contributed by atoms with Crippen LogP contribution in [0.5, 0.6) is 0 Å². The van der Waals surface area contributed by atoms with E-state index in [4.69, 9.17) is 0 Å². The van der Waals surface area contributed by atoms with Crippen LogP contribution in [0.15, 0.2) is 41.1 Å². The Morgan fingerprint density at radius 1 is 1.21 bits per heavy atom. The zero-order valence-electron chi connectivity index (χ0n) is 16.9. The molecule has 1 heterocycles. The molecule has 29 heavy (non-hydrogen) atoms. The van der Waals surface area contributed by atoms with Gasteiger partial charge in [-0.3, -0.25) is 10.1 Å². The van der Waals surface area contributed by atoms with Crippen molar-refractivity contribution in [2.24, 2.45) is 7.05 Å². The van der Waals surface area contributed by atoms with Crippen LogP contribution in [-0.2, 0) is 11.8 Å². The molecule has 2 N–H and O–H groups in total. The first kappa shape index (κ1) is 21.1. The lowest BCUT2D eigenvalue weighted by Crippen LogP contribution is -2.40. The molecule has 0 saturated heterocycles. The summed E-state index contributed by atoms with van der Waals surface area (Å²) in [4.78, 5) is 24.0. The molecule has 3 amide bonds. The van der Waals surface area contributed by atoms with Crippen molar-refractivity contribution in [3.8, 4) is 11.4 Å². The van der Waals surface area contributed by atoms with Crippen molar-refractivity contribution in [3.63, 3.8) is 0 Å². The molecule has 0 fully saturated rings. The van der Waals surface area contributed by atoms with Gasteiger partial charge in [-0.2, -0.15) is 0 Å². The quantitative estimate of drug-likeness (QED) is 0.535. The maximum Gasteiger partial charge on any atom is 0.321 e. The summed E-state index contributed by atoms with van der Waals surface area (Å²) < 4.78 is 1.86. The fourth-order valence-electron chi connectivity index (χ4n) is 3.30. The number of carbonyl (C=O) groups is 2. The molecule has 0 atom stereocenters. The molecule has 0 unspecified atom stereocenters. The largest absolute Gasteiger partial charge is 0.337 e. The maximum atomic E-state index is 12.1. The van der Waals surface area contributed by atoms with E-state index < -0.39 is 6.03 Å². The molecule has 154 valence electrons. The second kappa shape index (κ2) is 10.2. The smallest absolute Gasteiger partial charge is 0.321 e. The number of hydrogen-bond donors (Lipinski definition) is 2. The molecular formula is C21H27N5O2S. The van der Waals surface area contributed by atoms with Crippen LogP contribution in [-0.4, -0.2) is 39.0 Å². The number of urea groups is 1. The number of imide groups is 1. The highest BCUT2D eigenvalue weighted by Gasteiger charge is 2.15. The molecule has 3 rings (SSSR count). The predicted octanol–water partition coefficient (Wildman–Crippen LogP) is 3.60. The zero-order chi connectivity index (χ0) is 20.6. The number of rotatable bonds is 7.